The zero-order valence-corrected chi connectivity index (χ0v) is 16.9. The van der Waals surface area contributed by atoms with Crippen molar-refractivity contribution >= 4 is 18.3 Å². The molecule has 1 aromatic carbocycles. The summed E-state index contributed by atoms with van der Waals surface area (Å²) in [6.07, 6.45) is -0.941. The molecule has 1 aromatic rings. The molecule has 1 heterocycles. The van der Waals surface area contributed by atoms with Crippen LogP contribution in [0, 0.1) is 5.92 Å². The third-order valence-electron chi connectivity index (χ3n) is 4.75. The lowest BCUT2D eigenvalue weighted by atomic mass is 9.93. The maximum absolute atomic E-state index is 12.5. The van der Waals surface area contributed by atoms with Crippen molar-refractivity contribution in [3.8, 4) is 5.75 Å². The highest BCUT2D eigenvalue weighted by atomic mass is 35.5. The molecule has 1 saturated heterocycles. The smallest absolute Gasteiger partial charge is 0.416 e. The Morgan fingerprint density at radius 3 is 2.39 bits per heavy atom. The quantitative estimate of drug-likeness (QED) is 0.600. The molecule has 1 amide bonds. The Morgan fingerprint density at radius 2 is 1.82 bits per heavy atom. The van der Waals surface area contributed by atoms with Gasteiger partial charge in [-0.05, 0) is 76.1 Å². The molecule has 0 aromatic heterocycles. The zero-order valence-electron chi connectivity index (χ0n) is 16.1. The van der Waals surface area contributed by atoms with Crippen LogP contribution >= 0.6 is 12.4 Å². The number of nitrogens with one attached hydrogen (secondary N) is 2. The number of carbonyl (C=O) groups excluding carboxylic acids is 1. The van der Waals surface area contributed by atoms with E-state index in [9.17, 15) is 18.0 Å². The summed E-state index contributed by atoms with van der Waals surface area (Å²) < 4.78 is 42.8. The van der Waals surface area contributed by atoms with Gasteiger partial charge < -0.3 is 15.4 Å². The van der Waals surface area contributed by atoms with Crippen LogP contribution in [0.2, 0.25) is 0 Å². The van der Waals surface area contributed by atoms with Gasteiger partial charge in [-0.15, -0.1) is 12.4 Å². The van der Waals surface area contributed by atoms with E-state index in [0.29, 0.717) is 18.8 Å². The Morgan fingerprint density at radius 1 is 1.18 bits per heavy atom. The van der Waals surface area contributed by atoms with E-state index in [0.717, 1.165) is 50.5 Å². The van der Waals surface area contributed by atoms with Gasteiger partial charge in [-0.1, -0.05) is 0 Å². The molecule has 1 fully saturated rings. The van der Waals surface area contributed by atoms with Crippen molar-refractivity contribution in [3.05, 3.63) is 29.8 Å². The molecular formula is C19H29ClF3N3O2. The van der Waals surface area contributed by atoms with E-state index < -0.39 is 11.7 Å². The number of halogens is 4. The lowest BCUT2D eigenvalue weighted by Gasteiger charge is -2.31. The summed E-state index contributed by atoms with van der Waals surface area (Å²) in [6.45, 7) is 3.80. The lowest BCUT2D eigenvalue weighted by Crippen LogP contribution is -2.42. The monoisotopic (exact) mass is 423 g/mol. The van der Waals surface area contributed by atoms with Gasteiger partial charge in [-0.25, -0.2) is 0 Å². The molecule has 0 aliphatic carbocycles. The second-order valence-corrected chi connectivity index (χ2v) is 6.83. The Hall–Kier alpha value is -1.51. The molecule has 1 aliphatic rings. The Labute approximate surface area is 170 Å². The number of likely N-dealkylation sites (tertiary alicyclic amines) is 1. The average Bonchev–Trinajstić information content (AvgIpc) is 2.64. The van der Waals surface area contributed by atoms with E-state index >= 15 is 0 Å². The summed E-state index contributed by atoms with van der Waals surface area (Å²) in [6, 6.07) is 4.52. The van der Waals surface area contributed by atoms with Gasteiger partial charge in [-0.2, -0.15) is 13.2 Å². The molecule has 28 heavy (non-hydrogen) atoms. The molecule has 1 aliphatic heterocycles. The van der Waals surface area contributed by atoms with E-state index in [4.69, 9.17) is 4.74 Å². The topological polar surface area (TPSA) is 53.6 Å². The number of rotatable bonds is 9. The third kappa shape index (κ3) is 8.67. The summed E-state index contributed by atoms with van der Waals surface area (Å²) in [5, 5.41) is 5.95. The molecule has 2 N–H and O–H groups in total. The highest BCUT2D eigenvalue weighted by Crippen LogP contribution is 2.30. The van der Waals surface area contributed by atoms with Crippen LogP contribution in [0.15, 0.2) is 24.3 Å². The van der Waals surface area contributed by atoms with Gasteiger partial charge in [0.2, 0.25) is 5.91 Å². The van der Waals surface area contributed by atoms with Crippen molar-refractivity contribution in [1.82, 2.24) is 15.5 Å². The van der Waals surface area contributed by atoms with Gasteiger partial charge >= 0.3 is 6.18 Å². The zero-order chi connectivity index (χ0) is 19.7. The molecule has 0 radical (unpaired) electrons. The second kappa shape index (κ2) is 12.1. The van der Waals surface area contributed by atoms with E-state index in [2.05, 4.69) is 15.5 Å². The van der Waals surface area contributed by atoms with Crippen LogP contribution in [0.4, 0.5) is 13.2 Å². The first kappa shape index (κ1) is 24.5. The second-order valence-electron chi connectivity index (χ2n) is 6.83. The molecule has 160 valence electrons. The van der Waals surface area contributed by atoms with Crippen molar-refractivity contribution in [2.45, 2.75) is 25.4 Å². The first-order chi connectivity index (χ1) is 12.9. The molecule has 0 atom stereocenters. The maximum Gasteiger partial charge on any atom is 0.416 e. The fourth-order valence-electron chi connectivity index (χ4n) is 3.14. The maximum atomic E-state index is 12.5. The largest absolute Gasteiger partial charge is 0.492 e. The molecule has 5 nitrogen and oxygen atoms in total. The van der Waals surface area contributed by atoms with Crippen LogP contribution in [0.5, 0.6) is 5.75 Å². The normalized spacial score (nSPS) is 15.7. The van der Waals surface area contributed by atoms with Crippen LogP contribution in [0.1, 0.15) is 24.8 Å². The van der Waals surface area contributed by atoms with Crippen molar-refractivity contribution in [2.75, 3.05) is 46.4 Å². The van der Waals surface area contributed by atoms with Gasteiger partial charge in [0, 0.05) is 0 Å². The van der Waals surface area contributed by atoms with Gasteiger partial charge in [0.25, 0.3) is 0 Å². The van der Waals surface area contributed by atoms with Gasteiger partial charge in [0.15, 0.2) is 0 Å². The number of nitrogens with zero attached hydrogens (tertiary/aromatic N) is 1. The van der Waals surface area contributed by atoms with E-state index in [1.165, 1.54) is 18.6 Å². The molecular weight excluding hydrogens is 395 g/mol. The fraction of sp³-hybridized carbons (Fsp3) is 0.632. The van der Waals surface area contributed by atoms with E-state index in [1.807, 2.05) is 7.05 Å². The van der Waals surface area contributed by atoms with Crippen LogP contribution in [-0.2, 0) is 11.0 Å². The van der Waals surface area contributed by atoms with Crippen LogP contribution in [0.3, 0.4) is 0 Å². The van der Waals surface area contributed by atoms with Gasteiger partial charge in [0.05, 0.1) is 18.7 Å². The first-order valence-electron chi connectivity index (χ1n) is 9.32. The van der Waals surface area contributed by atoms with Crippen LogP contribution in [-0.4, -0.2) is 57.2 Å². The summed E-state index contributed by atoms with van der Waals surface area (Å²) in [5.74, 6) is 1.02. The number of hydrogen-bond donors (Lipinski definition) is 2. The average molecular weight is 424 g/mol. The standard InChI is InChI=1S/C19H28F3N3O2.ClH/c1-23-9-6-15-7-11-25(12-8-15)14-18(26)24-10-13-27-17-4-2-16(3-5-17)19(20,21)22;/h2-5,15,23H,6-14H2,1H3,(H,24,26);1H. The number of hydrogen-bond acceptors (Lipinski definition) is 4. The predicted octanol–water partition coefficient (Wildman–Crippen LogP) is 2.94. The molecule has 0 bridgehead atoms. The SMILES string of the molecule is CNCCC1CCN(CC(=O)NCCOc2ccc(C(F)(F)F)cc2)CC1.Cl. The molecule has 9 heteroatoms. The number of ether oxygens (including phenoxy) is 1. The van der Waals surface area contributed by atoms with Crippen molar-refractivity contribution in [1.29, 1.82) is 0 Å². The van der Waals surface area contributed by atoms with Crippen molar-refractivity contribution < 1.29 is 22.7 Å². The number of benzene rings is 1. The van der Waals surface area contributed by atoms with Crippen molar-refractivity contribution in [3.63, 3.8) is 0 Å². The number of carbonyl (C=O) groups is 1. The number of piperidine rings is 1. The molecule has 0 unspecified atom stereocenters. The number of alkyl halides is 3. The summed E-state index contributed by atoms with van der Waals surface area (Å²) in [4.78, 5) is 14.1. The highest BCUT2D eigenvalue weighted by molar-refractivity contribution is 5.85. The Bertz CT molecular complexity index is 577. The fourth-order valence-corrected chi connectivity index (χ4v) is 3.14. The highest BCUT2D eigenvalue weighted by Gasteiger charge is 2.30. The van der Waals surface area contributed by atoms with Crippen LogP contribution in [0.25, 0.3) is 0 Å². The summed E-state index contributed by atoms with van der Waals surface area (Å²) in [7, 11) is 1.96. The third-order valence-corrected chi connectivity index (χ3v) is 4.75. The minimum absolute atomic E-state index is 0. The minimum Gasteiger partial charge on any atom is -0.492 e. The minimum atomic E-state index is -4.35. The van der Waals surface area contributed by atoms with Gasteiger partial charge in [-0.3, -0.25) is 9.69 Å². The van der Waals surface area contributed by atoms with E-state index in [1.54, 1.807) is 0 Å². The Balaban J connectivity index is 0.00000392. The van der Waals surface area contributed by atoms with E-state index in [-0.39, 0.29) is 24.9 Å². The van der Waals surface area contributed by atoms with Gasteiger partial charge in [0.1, 0.15) is 12.4 Å². The summed E-state index contributed by atoms with van der Waals surface area (Å²) in [5.41, 5.74) is -0.710. The lowest BCUT2D eigenvalue weighted by molar-refractivity contribution is -0.137. The van der Waals surface area contributed by atoms with Crippen molar-refractivity contribution in [2.24, 2.45) is 5.92 Å². The summed E-state index contributed by atoms with van der Waals surface area (Å²) >= 11 is 0. The predicted molar refractivity (Wildman–Crippen MR) is 105 cm³/mol. The first-order valence-corrected chi connectivity index (χ1v) is 9.32. The molecule has 2 rings (SSSR count). The number of amides is 1. The molecule has 0 spiro atoms. The Kier molecular flexibility index (Phi) is 10.6. The van der Waals surface area contributed by atoms with Crippen LogP contribution < -0.4 is 15.4 Å². The molecule has 0 saturated carbocycles.